The Morgan fingerprint density at radius 2 is 2.11 bits per heavy atom. The molecule has 0 radical (unpaired) electrons. The summed E-state index contributed by atoms with van der Waals surface area (Å²) < 4.78 is 15.2. The Bertz CT molecular complexity index is 759. The number of aromatic hydroxyl groups is 1. The lowest BCUT2D eigenvalue weighted by molar-refractivity contribution is 0.411. The van der Waals surface area contributed by atoms with Crippen molar-refractivity contribution in [3.63, 3.8) is 0 Å². The first-order valence-electron chi connectivity index (χ1n) is 5.42. The van der Waals surface area contributed by atoms with Gasteiger partial charge in [0.2, 0.25) is 0 Å². The van der Waals surface area contributed by atoms with Crippen molar-refractivity contribution in [3.05, 3.63) is 36.5 Å². The van der Waals surface area contributed by atoms with E-state index in [2.05, 4.69) is 15.1 Å². The summed E-state index contributed by atoms with van der Waals surface area (Å²) in [5.74, 6) is -0.347. The molecule has 0 saturated heterocycles. The maximum Gasteiger partial charge on any atom is 0.318 e. The SMILES string of the molecule is CSc1ccc(-c2cnn3c(O)ncnc23)c(F)c1. The number of thioether (sulfide) groups is 1. The van der Waals surface area contributed by atoms with Gasteiger partial charge in [0.15, 0.2) is 5.65 Å². The van der Waals surface area contributed by atoms with Crippen LogP contribution < -0.4 is 0 Å². The lowest BCUT2D eigenvalue weighted by Gasteiger charge is -2.03. The summed E-state index contributed by atoms with van der Waals surface area (Å²) >= 11 is 1.47. The Morgan fingerprint density at radius 3 is 2.84 bits per heavy atom. The maximum absolute atomic E-state index is 14.1. The zero-order valence-corrected chi connectivity index (χ0v) is 10.7. The summed E-state index contributed by atoms with van der Waals surface area (Å²) in [5.41, 5.74) is 1.28. The zero-order chi connectivity index (χ0) is 13.4. The number of fused-ring (bicyclic) bond motifs is 1. The molecule has 0 aliphatic rings. The molecular formula is C12H9FN4OS. The van der Waals surface area contributed by atoms with Gasteiger partial charge in [0.05, 0.1) is 6.20 Å². The molecule has 0 aliphatic carbocycles. The van der Waals surface area contributed by atoms with Gasteiger partial charge in [-0.2, -0.15) is 14.6 Å². The minimum atomic E-state index is -0.347. The summed E-state index contributed by atoms with van der Waals surface area (Å²) in [6, 6.07) is 4.69. The highest BCUT2D eigenvalue weighted by Gasteiger charge is 2.14. The normalized spacial score (nSPS) is 11.1. The number of benzene rings is 1. The van der Waals surface area contributed by atoms with E-state index in [0.717, 1.165) is 9.41 Å². The van der Waals surface area contributed by atoms with Crippen LogP contribution in [0, 0.1) is 5.82 Å². The summed E-state index contributed by atoms with van der Waals surface area (Å²) in [7, 11) is 0. The van der Waals surface area contributed by atoms with E-state index in [1.54, 1.807) is 6.07 Å². The standard InChI is InChI=1S/C12H9FN4OS/c1-19-7-2-3-8(10(13)4-7)9-5-16-17-11(9)14-6-15-12(17)18/h2-6H,1H3,(H,14,15,18). The van der Waals surface area contributed by atoms with Crippen LogP contribution in [0.25, 0.3) is 16.8 Å². The highest BCUT2D eigenvalue weighted by molar-refractivity contribution is 7.98. The van der Waals surface area contributed by atoms with E-state index in [9.17, 15) is 9.50 Å². The number of hydrogen-bond donors (Lipinski definition) is 1. The van der Waals surface area contributed by atoms with Crippen molar-refractivity contribution in [2.75, 3.05) is 6.26 Å². The number of rotatable bonds is 2. The van der Waals surface area contributed by atoms with Crippen LogP contribution >= 0.6 is 11.8 Å². The molecule has 0 saturated carbocycles. The quantitative estimate of drug-likeness (QED) is 0.728. The van der Waals surface area contributed by atoms with Crippen LogP contribution in [-0.2, 0) is 0 Å². The Labute approximate surface area is 112 Å². The predicted octanol–water partition coefficient (Wildman–Crippen LogP) is 2.36. The van der Waals surface area contributed by atoms with Crippen LogP contribution in [-0.4, -0.2) is 30.9 Å². The molecule has 7 heteroatoms. The molecular weight excluding hydrogens is 267 g/mol. The van der Waals surface area contributed by atoms with Crippen LogP contribution in [0.2, 0.25) is 0 Å². The fraction of sp³-hybridized carbons (Fsp3) is 0.0833. The molecule has 3 rings (SSSR count). The molecule has 0 unspecified atom stereocenters. The molecule has 0 amide bonds. The van der Waals surface area contributed by atoms with Crippen molar-refractivity contribution in [1.29, 1.82) is 0 Å². The summed E-state index contributed by atoms with van der Waals surface area (Å²) in [4.78, 5) is 8.47. The van der Waals surface area contributed by atoms with Gasteiger partial charge in [-0.1, -0.05) is 6.07 Å². The van der Waals surface area contributed by atoms with E-state index < -0.39 is 0 Å². The van der Waals surface area contributed by atoms with E-state index in [4.69, 9.17) is 0 Å². The number of nitrogens with zero attached hydrogens (tertiary/aromatic N) is 4. The third kappa shape index (κ3) is 1.91. The van der Waals surface area contributed by atoms with Gasteiger partial charge >= 0.3 is 6.01 Å². The monoisotopic (exact) mass is 276 g/mol. The smallest absolute Gasteiger partial charge is 0.318 e. The summed E-state index contributed by atoms with van der Waals surface area (Å²) in [6.45, 7) is 0. The molecule has 5 nitrogen and oxygen atoms in total. The average molecular weight is 276 g/mol. The predicted molar refractivity (Wildman–Crippen MR) is 69.6 cm³/mol. The molecule has 1 N–H and O–H groups in total. The Hall–Kier alpha value is -2.15. The van der Waals surface area contributed by atoms with Crippen molar-refractivity contribution in [2.45, 2.75) is 4.90 Å². The molecule has 96 valence electrons. The summed E-state index contributed by atoms with van der Waals surface area (Å²) in [5, 5.41) is 13.5. The van der Waals surface area contributed by atoms with Gasteiger partial charge in [-0.05, 0) is 18.4 Å². The van der Waals surface area contributed by atoms with Crippen LogP contribution in [0.3, 0.4) is 0 Å². The Kier molecular flexibility index (Phi) is 2.83. The van der Waals surface area contributed by atoms with Gasteiger partial charge in [0.1, 0.15) is 12.1 Å². The minimum Gasteiger partial charge on any atom is -0.479 e. The van der Waals surface area contributed by atoms with Crippen molar-refractivity contribution in [2.24, 2.45) is 0 Å². The first-order valence-corrected chi connectivity index (χ1v) is 6.65. The molecule has 0 bridgehead atoms. The molecule has 2 heterocycles. The van der Waals surface area contributed by atoms with E-state index in [1.807, 2.05) is 12.3 Å². The number of hydrogen-bond acceptors (Lipinski definition) is 5. The van der Waals surface area contributed by atoms with Gasteiger partial charge < -0.3 is 5.11 Å². The molecule has 0 spiro atoms. The first-order chi connectivity index (χ1) is 9.20. The Balaban J connectivity index is 2.22. The van der Waals surface area contributed by atoms with E-state index in [1.165, 1.54) is 30.4 Å². The summed E-state index contributed by atoms with van der Waals surface area (Å²) in [6.07, 6.45) is 4.56. The highest BCUT2D eigenvalue weighted by Crippen LogP contribution is 2.29. The second-order valence-corrected chi connectivity index (χ2v) is 4.69. The van der Waals surface area contributed by atoms with E-state index >= 15 is 0 Å². The third-order valence-electron chi connectivity index (χ3n) is 2.75. The fourth-order valence-corrected chi connectivity index (χ4v) is 2.26. The fourth-order valence-electron chi connectivity index (χ4n) is 1.83. The van der Waals surface area contributed by atoms with Gasteiger partial charge in [0, 0.05) is 16.0 Å². The number of halogens is 1. The van der Waals surface area contributed by atoms with Gasteiger partial charge in [-0.25, -0.2) is 9.37 Å². The largest absolute Gasteiger partial charge is 0.479 e. The molecule has 0 atom stereocenters. The molecule has 0 fully saturated rings. The Morgan fingerprint density at radius 1 is 1.26 bits per heavy atom. The van der Waals surface area contributed by atoms with Gasteiger partial charge in [0.25, 0.3) is 0 Å². The van der Waals surface area contributed by atoms with Gasteiger partial charge in [-0.15, -0.1) is 11.8 Å². The zero-order valence-electron chi connectivity index (χ0n) is 9.91. The molecule has 19 heavy (non-hydrogen) atoms. The second kappa shape index (κ2) is 4.51. The van der Waals surface area contributed by atoms with Crippen LogP contribution in [0.1, 0.15) is 0 Å². The lowest BCUT2D eigenvalue weighted by Crippen LogP contribution is -1.94. The average Bonchev–Trinajstić information content (AvgIpc) is 2.84. The van der Waals surface area contributed by atoms with Gasteiger partial charge in [-0.3, -0.25) is 0 Å². The van der Waals surface area contributed by atoms with Crippen molar-refractivity contribution < 1.29 is 9.50 Å². The third-order valence-corrected chi connectivity index (χ3v) is 3.48. The molecule has 3 aromatic rings. The molecule has 1 aromatic carbocycles. The van der Waals surface area contributed by atoms with Crippen molar-refractivity contribution >= 4 is 17.4 Å². The molecule has 2 aromatic heterocycles. The number of aromatic nitrogens is 4. The minimum absolute atomic E-state index is 0.280. The van der Waals surface area contributed by atoms with Crippen LogP contribution in [0.4, 0.5) is 4.39 Å². The van der Waals surface area contributed by atoms with E-state index in [-0.39, 0.29) is 11.8 Å². The highest BCUT2D eigenvalue weighted by atomic mass is 32.2. The second-order valence-electron chi connectivity index (χ2n) is 3.81. The first kappa shape index (κ1) is 11.9. The van der Waals surface area contributed by atoms with Crippen molar-refractivity contribution in [3.8, 4) is 17.1 Å². The van der Waals surface area contributed by atoms with Crippen molar-refractivity contribution in [1.82, 2.24) is 19.6 Å². The lowest BCUT2D eigenvalue weighted by atomic mass is 10.1. The maximum atomic E-state index is 14.1. The van der Waals surface area contributed by atoms with Crippen LogP contribution in [0.15, 0.2) is 35.6 Å². The topological polar surface area (TPSA) is 63.3 Å². The molecule has 0 aliphatic heterocycles. The van der Waals surface area contributed by atoms with Crippen LogP contribution in [0.5, 0.6) is 6.01 Å². The van der Waals surface area contributed by atoms with E-state index in [0.29, 0.717) is 16.8 Å².